The molecule has 3 aromatic rings. The highest BCUT2D eigenvalue weighted by molar-refractivity contribution is 5.84. The van der Waals surface area contributed by atoms with Crippen LogP contribution in [0.3, 0.4) is 0 Å². The molecule has 0 saturated carbocycles. The number of carbonyl (C=O) groups excluding carboxylic acids is 1. The van der Waals surface area contributed by atoms with Crippen LogP contribution in [0.2, 0.25) is 0 Å². The first kappa shape index (κ1) is 36.4. The summed E-state index contributed by atoms with van der Waals surface area (Å²) in [6.45, 7) is 4.48. The molecule has 14 heteroatoms. The van der Waals surface area contributed by atoms with Crippen molar-refractivity contribution in [2.45, 2.75) is 77.0 Å². The Labute approximate surface area is 255 Å². The zero-order valence-electron chi connectivity index (χ0n) is 25.1. The summed E-state index contributed by atoms with van der Waals surface area (Å²) in [6, 6.07) is 14.7. The minimum absolute atomic E-state index is 0.125. The Morgan fingerprint density at radius 3 is 1.91 bits per heavy atom. The molecule has 1 aromatic heterocycles. The predicted octanol–water partition coefficient (Wildman–Crippen LogP) is 0.576. The largest absolute Gasteiger partial charge is 0.480 e. The second-order valence-corrected chi connectivity index (χ2v) is 10.6. The first-order chi connectivity index (χ1) is 21.0. The maximum absolute atomic E-state index is 12.9. The average Bonchev–Trinajstić information content (AvgIpc) is 3.57. The summed E-state index contributed by atoms with van der Waals surface area (Å²) in [6.07, 6.45) is -4.42. The molecule has 0 radical (unpaired) electrons. The average molecular weight is 618 g/mol. The third-order valence-electron chi connectivity index (χ3n) is 6.93. The van der Waals surface area contributed by atoms with Crippen molar-refractivity contribution in [2.24, 2.45) is 5.92 Å². The topological polar surface area (TPSA) is 233 Å². The summed E-state index contributed by atoms with van der Waals surface area (Å²) in [5, 5.41) is 76.2. The lowest BCUT2D eigenvalue weighted by atomic mass is 9.97. The van der Waals surface area contributed by atoms with E-state index in [-0.39, 0.29) is 18.4 Å². The number of carboxylic acids is 1. The van der Waals surface area contributed by atoms with Crippen LogP contribution in [0.1, 0.15) is 45.6 Å². The van der Waals surface area contributed by atoms with Gasteiger partial charge >= 0.3 is 5.97 Å². The second kappa shape index (κ2) is 18.1. The molecule has 8 N–H and O–H groups in total. The first-order valence-corrected chi connectivity index (χ1v) is 14.3. The monoisotopic (exact) mass is 617 g/mol. The van der Waals surface area contributed by atoms with Gasteiger partial charge in [-0.1, -0.05) is 75.7 Å². The van der Waals surface area contributed by atoms with E-state index in [0.29, 0.717) is 12.2 Å². The van der Waals surface area contributed by atoms with E-state index in [1.165, 1.54) is 4.90 Å². The van der Waals surface area contributed by atoms with Gasteiger partial charge in [-0.05, 0) is 34.2 Å². The number of carboxylic acid groups (broad SMARTS) is 1. The number of aromatic nitrogens is 4. The third kappa shape index (κ3) is 10.1. The van der Waals surface area contributed by atoms with Crippen LogP contribution in [0, 0.1) is 5.92 Å². The van der Waals surface area contributed by atoms with E-state index in [4.69, 9.17) is 30.6 Å². The number of nitrogens with one attached hydrogen (secondary N) is 1. The van der Waals surface area contributed by atoms with E-state index in [1.807, 2.05) is 69.3 Å². The molecule has 5 atom stereocenters. The van der Waals surface area contributed by atoms with Gasteiger partial charge < -0.3 is 40.6 Å². The van der Waals surface area contributed by atoms with Crippen LogP contribution in [0.5, 0.6) is 0 Å². The van der Waals surface area contributed by atoms with Crippen LogP contribution in [-0.2, 0) is 16.1 Å². The lowest BCUT2D eigenvalue weighted by molar-refractivity contribution is -0.153. The number of aromatic amines is 1. The van der Waals surface area contributed by atoms with Crippen LogP contribution in [0.15, 0.2) is 48.5 Å². The number of nitrogens with zero attached hydrogens (tertiary/aromatic N) is 4. The summed E-state index contributed by atoms with van der Waals surface area (Å²) in [7, 11) is 0. The van der Waals surface area contributed by atoms with Gasteiger partial charge in [0.1, 0.15) is 30.5 Å². The molecule has 2 aromatic carbocycles. The quantitative estimate of drug-likeness (QED) is 0.117. The van der Waals surface area contributed by atoms with Gasteiger partial charge in [0.25, 0.3) is 0 Å². The summed E-state index contributed by atoms with van der Waals surface area (Å²) in [5.41, 5.74) is 3.66. The summed E-state index contributed by atoms with van der Waals surface area (Å²) >= 11 is 0. The van der Waals surface area contributed by atoms with Crippen molar-refractivity contribution in [3.05, 3.63) is 54.1 Å². The number of H-pyrrole nitrogens is 1. The SMILES string of the molecule is CCCCC(=O)N(Cc1ccc(-c2ccccc2-c2nn[nH]n2)cc1)[C@H](C(=O)O)C(C)C.OC[C@@H](O)[C@@H](O)[C@H](O)[C@H](O)CO. The van der Waals surface area contributed by atoms with Crippen molar-refractivity contribution < 1.29 is 45.3 Å². The van der Waals surface area contributed by atoms with Crippen LogP contribution in [0.25, 0.3) is 22.5 Å². The number of carbonyl (C=O) groups is 2. The fraction of sp³-hybridized carbons (Fsp3) is 0.500. The number of tetrazole rings is 1. The van der Waals surface area contributed by atoms with Crippen molar-refractivity contribution in [1.29, 1.82) is 0 Å². The Bertz CT molecular complexity index is 1260. The number of hydrogen-bond acceptors (Lipinski definition) is 11. The molecule has 0 saturated heterocycles. The Morgan fingerprint density at radius 1 is 0.886 bits per heavy atom. The molecule has 1 amide bonds. The molecular formula is C30H43N5O9. The smallest absolute Gasteiger partial charge is 0.326 e. The van der Waals surface area contributed by atoms with Crippen LogP contribution < -0.4 is 0 Å². The van der Waals surface area contributed by atoms with Gasteiger partial charge in [-0.3, -0.25) is 4.79 Å². The van der Waals surface area contributed by atoms with Crippen molar-refractivity contribution in [3.63, 3.8) is 0 Å². The highest BCUT2D eigenvalue weighted by atomic mass is 16.4. The summed E-state index contributed by atoms with van der Waals surface area (Å²) < 4.78 is 0. The van der Waals surface area contributed by atoms with Crippen LogP contribution >= 0.6 is 0 Å². The van der Waals surface area contributed by atoms with Gasteiger partial charge in [-0.2, -0.15) is 5.21 Å². The molecule has 0 aliphatic heterocycles. The number of aliphatic carboxylic acids is 1. The number of benzene rings is 2. The van der Waals surface area contributed by atoms with Crippen molar-refractivity contribution in [1.82, 2.24) is 25.5 Å². The van der Waals surface area contributed by atoms with E-state index in [0.717, 1.165) is 35.1 Å². The van der Waals surface area contributed by atoms with Crippen molar-refractivity contribution >= 4 is 11.9 Å². The zero-order chi connectivity index (χ0) is 32.8. The number of amides is 1. The van der Waals surface area contributed by atoms with E-state index < -0.39 is 49.6 Å². The molecule has 44 heavy (non-hydrogen) atoms. The number of unbranched alkanes of at least 4 members (excludes halogenated alkanes) is 1. The molecule has 242 valence electrons. The normalized spacial score (nSPS) is 14.6. The number of aliphatic hydroxyl groups excluding tert-OH is 6. The molecule has 14 nitrogen and oxygen atoms in total. The Hall–Kier alpha value is -3.79. The summed E-state index contributed by atoms with van der Waals surface area (Å²) in [5.74, 6) is -0.784. The van der Waals surface area contributed by atoms with E-state index in [2.05, 4.69) is 20.6 Å². The number of aliphatic hydroxyl groups is 6. The van der Waals surface area contributed by atoms with Crippen molar-refractivity contribution in [3.8, 4) is 22.5 Å². The molecule has 1 heterocycles. The molecule has 0 bridgehead atoms. The fourth-order valence-electron chi connectivity index (χ4n) is 4.45. The van der Waals surface area contributed by atoms with E-state index in [1.54, 1.807) is 0 Å². The molecule has 3 rings (SSSR count). The van der Waals surface area contributed by atoms with Crippen molar-refractivity contribution in [2.75, 3.05) is 13.2 Å². The highest BCUT2D eigenvalue weighted by Gasteiger charge is 2.32. The van der Waals surface area contributed by atoms with Gasteiger partial charge in [0.15, 0.2) is 0 Å². The molecule has 0 aliphatic carbocycles. The maximum Gasteiger partial charge on any atom is 0.326 e. The Kier molecular flexibility index (Phi) is 15.0. The molecular weight excluding hydrogens is 574 g/mol. The van der Waals surface area contributed by atoms with Gasteiger partial charge in [0.05, 0.1) is 13.2 Å². The maximum atomic E-state index is 12.9. The van der Waals surface area contributed by atoms with Crippen LogP contribution in [-0.4, -0.2) is 117 Å². The molecule has 0 aliphatic rings. The number of hydrogen-bond donors (Lipinski definition) is 8. The Morgan fingerprint density at radius 2 is 1.45 bits per heavy atom. The zero-order valence-corrected chi connectivity index (χ0v) is 25.1. The minimum Gasteiger partial charge on any atom is -0.480 e. The molecule has 0 spiro atoms. The number of rotatable bonds is 15. The lowest BCUT2D eigenvalue weighted by Gasteiger charge is -2.32. The summed E-state index contributed by atoms with van der Waals surface area (Å²) in [4.78, 5) is 26.3. The van der Waals surface area contributed by atoms with Gasteiger partial charge in [-0.15, -0.1) is 10.2 Å². The minimum atomic E-state index is -1.67. The van der Waals surface area contributed by atoms with Gasteiger partial charge in [-0.25, -0.2) is 4.79 Å². The van der Waals surface area contributed by atoms with E-state index in [9.17, 15) is 14.7 Å². The third-order valence-corrected chi connectivity index (χ3v) is 6.93. The second-order valence-electron chi connectivity index (χ2n) is 10.6. The highest BCUT2D eigenvalue weighted by Crippen LogP contribution is 2.30. The lowest BCUT2D eigenvalue weighted by Crippen LogP contribution is -2.47. The first-order valence-electron chi connectivity index (χ1n) is 14.3. The molecule has 0 unspecified atom stereocenters. The Balaban J connectivity index is 0.000000477. The van der Waals surface area contributed by atoms with Crippen LogP contribution in [0.4, 0.5) is 0 Å². The fourth-order valence-corrected chi connectivity index (χ4v) is 4.45. The predicted molar refractivity (Wildman–Crippen MR) is 160 cm³/mol. The molecule has 0 fully saturated rings. The van der Waals surface area contributed by atoms with E-state index >= 15 is 0 Å². The van der Waals surface area contributed by atoms with Gasteiger partial charge in [0.2, 0.25) is 11.7 Å². The van der Waals surface area contributed by atoms with Gasteiger partial charge in [0, 0.05) is 18.5 Å². The standard InChI is InChI=1S/C24H29N5O3.C6H14O6/c1-4-5-10-21(30)29(22(16(2)3)24(31)32)15-17-11-13-18(14-12-17)19-8-6-7-9-20(19)23-25-27-28-26-23;7-1-3(9)5(11)6(12)4(10)2-8/h6-9,11-14,16,22H,4-5,10,15H2,1-3H3,(H,31,32)(H,25,26,27,28);3-12H,1-2H2/t22-;3-,4-,5-,6-/m01/s1.